The van der Waals surface area contributed by atoms with Gasteiger partial charge >= 0.3 is 0 Å². The van der Waals surface area contributed by atoms with Crippen LogP contribution in [0.15, 0.2) is 40.8 Å². The lowest BCUT2D eigenvalue weighted by Gasteiger charge is -2.17. The summed E-state index contributed by atoms with van der Waals surface area (Å²) in [5, 5.41) is 5.62. The predicted octanol–water partition coefficient (Wildman–Crippen LogP) is 2.92. The molecular formula is C20H25ClN4O2S. The van der Waals surface area contributed by atoms with E-state index >= 15 is 0 Å². The van der Waals surface area contributed by atoms with Gasteiger partial charge in [0.15, 0.2) is 0 Å². The molecule has 0 fully saturated rings. The van der Waals surface area contributed by atoms with Gasteiger partial charge < -0.3 is 10.2 Å². The van der Waals surface area contributed by atoms with Gasteiger partial charge in [-0.15, -0.1) is 23.7 Å². The van der Waals surface area contributed by atoms with E-state index in [1.54, 1.807) is 18.3 Å². The van der Waals surface area contributed by atoms with Crippen LogP contribution in [-0.2, 0) is 11.3 Å². The number of amides is 1. The van der Waals surface area contributed by atoms with Crippen LogP contribution < -0.4 is 10.9 Å². The number of rotatable bonds is 7. The Kier molecular flexibility index (Phi) is 7.74. The fraction of sp³-hybridized carbons (Fsp3) is 0.350. The van der Waals surface area contributed by atoms with Crippen molar-refractivity contribution in [3.63, 3.8) is 0 Å². The highest BCUT2D eigenvalue weighted by molar-refractivity contribution is 7.17. The van der Waals surface area contributed by atoms with Crippen LogP contribution in [0.4, 0.5) is 0 Å². The first-order valence-electron chi connectivity index (χ1n) is 8.93. The van der Waals surface area contributed by atoms with Crippen LogP contribution in [0.25, 0.3) is 21.3 Å². The lowest BCUT2D eigenvalue weighted by atomic mass is 10.1. The number of aromatic nitrogens is 2. The fourth-order valence-corrected chi connectivity index (χ4v) is 3.79. The molecule has 2 aromatic heterocycles. The van der Waals surface area contributed by atoms with Crippen molar-refractivity contribution >= 4 is 39.9 Å². The lowest BCUT2D eigenvalue weighted by Crippen LogP contribution is -2.34. The zero-order valence-corrected chi connectivity index (χ0v) is 17.9. The van der Waals surface area contributed by atoms with E-state index in [9.17, 15) is 9.59 Å². The van der Waals surface area contributed by atoms with Gasteiger partial charge in [0.05, 0.1) is 11.7 Å². The molecule has 0 saturated carbocycles. The monoisotopic (exact) mass is 420 g/mol. The van der Waals surface area contributed by atoms with Crippen LogP contribution in [0.1, 0.15) is 12.0 Å². The maximum Gasteiger partial charge on any atom is 0.262 e. The van der Waals surface area contributed by atoms with Crippen molar-refractivity contribution in [2.45, 2.75) is 19.9 Å². The number of hydrogen-bond acceptors (Lipinski definition) is 5. The van der Waals surface area contributed by atoms with Gasteiger partial charge in [-0.1, -0.05) is 29.8 Å². The number of benzene rings is 1. The second-order valence-electron chi connectivity index (χ2n) is 6.61. The van der Waals surface area contributed by atoms with Crippen molar-refractivity contribution in [3.05, 3.63) is 51.9 Å². The summed E-state index contributed by atoms with van der Waals surface area (Å²) in [4.78, 5) is 32.1. The molecule has 0 atom stereocenters. The third kappa shape index (κ3) is 4.79. The van der Waals surface area contributed by atoms with Gasteiger partial charge in [0.2, 0.25) is 5.91 Å². The zero-order valence-electron chi connectivity index (χ0n) is 16.3. The normalized spacial score (nSPS) is 10.7. The Bertz CT molecular complexity index is 998. The van der Waals surface area contributed by atoms with Crippen molar-refractivity contribution in [2.75, 3.05) is 27.2 Å². The van der Waals surface area contributed by atoms with Crippen LogP contribution in [0.2, 0.25) is 0 Å². The van der Waals surface area contributed by atoms with Crippen molar-refractivity contribution in [3.8, 4) is 11.1 Å². The Morgan fingerprint density at radius 1 is 1.29 bits per heavy atom. The molecule has 2 heterocycles. The molecule has 0 aliphatic rings. The molecule has 28 heavy (non-hydrogen) atoms. The minimum absolute atomic E-state index is 0. The first-order valence-corrected chi connectivity index (χ1v) is 9.81. The third-order valence-electron chi connectivity index (χ3n) is 4.61. The number of carbonyl (C=O) groups is 1. The molecule has 0 saturated heterocycles. The molecule has 3 aromatic rings. The smallest absolute Gasteiger partial charge is 0.262 e. The highest BCUT2D eigenvalue weighted by Crippen LogP contribution is 2.30. The van der Waals surface area contributed by atoms with Crippen LogP contribution in [0.5, 0.6) is 0 Å². The van der Waals surface area contributed by atoms with Crippen LogP contribution in [0.3, 0.4) is 0 Å². The van der Waals surface area contributed by atoms with E-state index in [0.717, 1.165) is 22.5 Å². The summed E-state index contributed by atoms with van der Waals surface area (Å²) in [6.07, 6.45) is 1.82. The fourth-order valence-electron chi connectivity index (χ4n) is 2.88. The Balaban J connectivity index is 0.00000280. The summed E-state index contributed by atoms with van der Waals surface area (Å²) < 4.78 is 1.54. The molecule has 8 heteroatoms. The van der Waals surface area contributed by atoms with Crippen molar-refractivity contribution < 1.29 is 4.79 Å². The van der Waals surface area contributed by atoms with Crippen molar-refractivity contribution in [2.24, 2.45) is 0 Å². The summed E-state index contributed by atoms with van der Waals surface area (Å²) in [6.45, 7) is 3.75. The summed E-state index contributed by atoms with van der Waals surface area (Å²) >= 11 is 1.47. The topological polar surface area (TPSA) is 67.2 Å². The van der Waals surface area contributed by atoms with E-state index in [4.69, 9.17) is 0 Å². The highest BCUT2D eigenvalue weighted by Gasteiger charge is 2.14. The van der Waals surface area contributed by atoms with Crippen molar-refractivity contribution in [1.82, 2.24) is 19.8 Å². The molecule has 0 aliphatic heterocycles. The summed E-state index contributed by atoms with van der Waals surface area (Å²) in [6, 6.07) is 8.11. The largest absolute Gasteiger partial charge is 0.344 e. The van der Waals surface area contributed by atoms with Gasteiger partial charge in [-0.05, 0) is 19.5 Å². The Labute approximate surface area is 174 Å². The quantitative estimate of drug-likeness (QED) is 0.638. The van der Waals surface area contributed by atoms with E-state index in [-0.39, 0.29) is 30.3 Å². The molecule has 150 valence electrons. The van der Waals surface area contributed by atoms with E-state index < -0.39 is 0 Å². The van der Waals surface area contributed by atoms with Gasteiger partial charge in [0.25, 0.3) is 5.56 Å². The van der Waals surface area contributed by atoms with Gasteiger partial charge in [-0.3, -0.25) is 14.2 Å². The third-order valence-corrected chi connectivity index (χ3v) is 5.50. The molecule has 3 rings (SSSR count). The zero-order chi connectivity index (χ0) is 19.4. The first kappa shape index (κ1) is 22.1. The molecule has 6 nitrogen and oxygen atoms in total. The van der Waals surface area contributed by atoms with Crippen molar-refractivity contribution in [1.29, 1.82) is 0 Å². The minimum Gasteiger partial charge on any atom is -0.344 e. The average Bonchev–Trinajstić information content (AvgIpc) is 3.10. The van der Waals surface area contributed by atoms with Gasteiger partial charge in [-0.25, -0.2) is 4.98 Å². The van der Waals surface area contributed by atoms with E-state index in [1.165, 1.54) is 21.5 Å². The molecule has 0 aliphatic carbocycles. The van der Waals surface area contributed by atoms with E-state index in [2.05, 4.69) is 10.3 Å². The predicted molar refractivity (Wildman–Crippen MR) is 117 cm³/mol. The first-order chi connectivity index (χ1) is 13.0. The molecule has 0 unspecified atom stereocenters. The number of carbonyl (C=O) groups excluding carboxylic acids is 1. The highest BCUT2D eigenvalue weighted by atomic mass is 35.5. The molecule has 1 amide bonds. The molecule has 0 radical (unpaired) electrons. The molecule has 1 N–H and O–H groups in total. The molecule has 1 aromatic carbocycles. The maximum absolute atomic E-state index is 13.0. The SMILES string of the molecule is CNCCN(C)C(=O)CCn1cnc2scc(-c3ccc(C)cc3)c2c1=O.Cl. The lowest BCUT2D eigenvalue weighted by molar-refractivity contribution is -0.130. The number of likely N-dealkylation sites (N-methyl/N-ethyl adjacent to an activating group) is 2. The van der Waals surface area contributed by atoms with E-state index in [1.807, 2.05) is 43.6 Å². The number of fused-ring (bicyclic) bond motifs is 1. The minimum atomic E-state index is -0.0949. The standard InChI is InChI=1S/C20H24N4O2S.ClH/c1-14-4-6-15(7-5-14)16-12-27-19-18(16)20(26)24(13-22-19)10-8-17(25)23(3)11-9-21-2;/h4-7,12-13,21H,8-11H2,1-3H3;1H. The Morgan fingerprint density at radius 3 is 2.68 bits per heavy atom. The molecule has 0 spiro atoms. The summed E-state index contributed by atoms with van der Waals surface area (Å²) in [5.41, 5.74) is 2.99. The van der Waals surface area contributed by atoms with Crippen LogP contribution >= 0.6 is 23.7 Å². The molecular weight excluding hydrogens is 396 g/mol. The van der Waals surface area contributed by atoms with Crippen LogP contribution in [-0.4, -0.2) is 47.5 Å². The van der Waals surface area contributed by atoms with Gasteiger partial charge in [-0.2, -0.15) is 0 Å². The number of nitrogens with zero attached hydrogens (tertiary/aromatic N) is 3. The average molecular weight is 421 g/mol. The van der Waals surface area contributed by atoms with Gasteiger partial charge in [0.1, 0.15) is 4.83 Å². The summed E-state index contributed by atoms with van der Waals surface area (Å²) in [7, 11) is 3.63. The second-order valence-corrected chi connectivity index (χ2v) is 7.47. The number of hydrogen-bond donors (Lipinski definition) is 1. The maximum atomic E-state index is 13.0. The number of halogens is 1. The number of nitrogens with one attached hydrogen (secondary N) is 1. The number of thiophene rings is 1. The van der Waals surface area contributed by atoms with Gasteiger partial charge in [0, 0.05) is 44.0 Å². The second kappa shape index (κ2) is 9.82. The summed E-state index contributed by atoms with van der Waals surface area (Å²) in [5.74, 6) is 0.0151. The Morgan fingerprint density at radius 2 is 2.00 bits per heavy atom. The van der Waals surface area contributed by atoms with E-state index in [0.29, 0.717) is 18.5 Å². The Hall–Kier alpha value is -2.22. The van der Waals surface area contributed by atoms with Crippen LogP contribution in [0, 0.1) is 6.92 Å². The number of aryl methyl sites for hydroxylation is 2. The molecule has 0 bridgehead atoms.